The Bertz CT molecular complexity index is 411. The van der Waals surface area contributed by atoms with Gasteiger partial charge >= 0.3 is 0 Å². The van der Waals surface area contributed by atoms with Crippen LogP contribution in [0.4, 0.5) is 0 Å². The van der Waals surface area contributed by atoms with Gasteiger partial charge in [0.1, 0.15) is 5.75 Å². The van der Waals surface area contributed by atoms with Crippen molar-refractivity contribution in [1.29, 1.82) is 0 Å². The summed E-state index contributed by atoms with van der Waals surface area (Å²) in [5.41, 5.74) is 1.35. The molecule has 1 nitrogen and oxygen atoms in total. The Morgan fingerprint density at radius 3 is 2.53 bits per heavy atom. The molecule has 0 radical (unpaired) electrons. The third-order valence-corrected chi connectivity index (χ3v) is 5.98. The van der Waals surface area contributed by atoms with Gasteiger partial charge in [-0.3, -0.25) is 0 Å². The van der Waals surface area contributed by atoms with Crippen molar-refractivity contribution >= 4 is 31.9 Å². The second-order valence-electron chi connectivity index (χ2n) is 5.54. The van der Waals surface area contributed by atoms with Gasteiger partial charge in [-0.15, -0.1) is 0 Å². The minimum absolute atomic E-state index is 0.449. The molecule has 1 unspecified atom stereocenters. The number of halogens is 2. The van der Waals surface area contributed by atoms with Crippen molar-refractivity contribution in [2.75, 3.05) is 6.61 Å². The lowest BCUT2D eigenvalue weighted by atomic mass is 9.80. The summed E-state index contributed by atoms with van der Waals surface area (Å²) in [6, 6.07) is 6.34. The molecule has 1 aromatic rings. The van der Waals surface area contributed by atoms with E-state index in [0.29, 0.717) is 11.4 Å². The summed E-state index contributed by atoms with van der Waals surface area (Å²) in [5.74, 6) is 2.60. The summed E-state index contributed by atoms with van der Waals surface area (Å²) in [7, 11) is 0. The second kappa shape index (κ2) is 7.12. The molecule has 0 spiro atoms. The highest BCUT2D eigenvalue weighted by molar-refractivity contribution is 9.11. The average molecular weight is 390 g/mol. The molecule has 1 fully saturated rings. The predicted molar refractivity (Wildman–Crippen MR) is 88.1 cm³/mol. The molecule has 19 heavy (non-hydrogen) atoms. The van der Waals surface area contributed by atoms with Crippen LogP contribution in [0.5, 0.6) is 5.75 Å². The van der Waals surface area contributed by atoms with Gasteiger partial charge in [0.05, 0.1) is 6.61 Å². The van der Waals surface area contributed by atoms with Crippen molar-refractivity contribution < 1.29 is 4.74 Å². The highest BCUT2D eigenvalue weighted by Crippen LogP contribution is 2.44. The van der Waals surface area contributed by atoms with Gasteiger partial charge in [0, 0.05) is 9.30 Å². The van der Waals surface area contributed by atoms with Crippen LogP contribution in [0, 0.1) is 11.8 Å². The molecule has 2 rings (SSSR count). The quantitative estimate of drug-likeness (QED) is 0.564. The van der Waals surface area contributed by atoms with Crippen molar-refractivity contribution in [3.63, 3.8) is 0 Å². The summed E-state index contributed by atoms with van der Waals surface area (Å²) < 4.78 is 6.69. The van der Waals surface area contributed by atoms with Crippen LogP contribution in [0.25, 0.3) is 0 Å². The first kappa shape index (κ1) is 15.4. The van der Waals surface area contributed by atoms with E-state index in [1.807, 2.05) is 6.92 Å². The molecule has 1 aliphatic carbocycles. The minimum atomic E-state index is 0.449. The van der Waals surface area contributed by atoms with Gasteiger partial charge in [0.25, 0.3) is 0 Å². The third kappa shape index (κ3) is 3.98. The Morgan fingerprint density at radius 1 is 1.26 bits per heavy atom. The third-order valence-electron chi connectivity index (χ3n) is 4.05. The minimum Gasteiger partial charge on any atom is -0.494 e. The van der Waals surface area contributed by atoms with E-state index in [1.54, 1.807) is 0 Å². The molecule has 0 aliphatic heterocycles. The lowest BCUT2D eigenvalue weighted by Gasteiger charge is -2.30. The van der Waals surface area contributed by atoms with Crippen LogP contribution < -0.4 is 4.74 Å². The van der Waals surface area contributed by atoms with E-state index in [9.17, 15) is 0 Å². The van der Waals surface area contributed by atoms with Crippen LogP contribution in [0.15, 0.2) is 22.7 Å². The summed E-state index contributed by atoms with van der Waals surface area (Å²) in [6.45, 7) is 5.09. The molecule has 0 saturated heterocycles. The van der Waals surface area contributed by atoms with Crippen molar-refractivity contribution in [2.45, 2.75) is 44.4 Å². The maximum absolute atomic E-state index is 5.54. The zero-order valence-corrected chi connectivity index (χ0v) is 14.8. The first-order chi connectivity index (χ1) is 9.11. The topological polar surface area (TPSA) is 9.23 Å². The van der Waals surface area contributed by atoms with E-state index in [1.165, 1.54) is 31.2 Å². The fourth-order valence-electron chi connectivity index (χ4n) is 2.82. The zero-order valence-electron chi connectivity index (χ0n) is 11.7. The van der Waals surface area contributed by atoms with Crippen LogP contribution in [0.1, 0.15) is 49.9 Å². The molecule has 0 heterocycles. The Balaban J connectivity index is 2.08. The molecule has 0 amide bonds. The monoisotopic (exact) mass is 388 g/mol. The molecule has 0 aromatic heterocycles. The molecule has 0 N–H and O–H groups in total. The summed E-state index contributed by atoms with van der Waals surface area (Å²) in [4.78, 5) is 0.449. The highest BCUT2D eigenvalue weighted by atomic mass is 79.9. The predicted octanol–water partition coefficient (Wildman–Crippen LogP) is 6.11. The van der Waals surface area contributed by atoms with E-state index < -0.39 is 0 Å². The van der Waals surface area contributed by atoms with Gasteiger partial charge in [0.15, 0.2) is 0 Å². The lowest BCUT2D eigenvalue weighted by Crippen LogP contribution is -2.16. The number of alkyl halides is 1. The molecule has 3 heteroatoms. The fourth-order valence-corrected chi connectivity index (χ4v) is 4.66. The lowest BCUT2D eigenvalue weighted by molar-refractivity contribution is 0.287. The number of hydrogen-bond donors (Lipinski definition) is 0. The van der Waals surface area contributed by atoms with Gasteiger partial charge < -0.3 is 4.74 Å². The van der Waals surface area contributed by atoms with Gasteiger partial charge in [-0.05, 0) is 49.3 Å². The van der Waals surface area contributed by atoms with Crippen LogP contribution in [0.3, 0.4) is 0 Å². The van der Waals surface area contributed by atoms with Crippen molar-refractivity contribution in [3.05, 3.63) is 28.2 Å². The van der Waals surface area contributed by atoms with Crippen molar-refractivity contribution in [1.82, 2.24) is 0 Å². The standard InChI is InChI=1S/C16H22Br2O/c1-3-19-13-8-9-14(15(17)10-13)16(18)12-6-4-11(2)5-7-12/h8-12,16H,3-7H2,1-2H3. The maximum atomic E-state index is 5.54. The van der Waals surface area contributed by atoms with E-state index in [2.05, 4.69) is 57.0 Å². The van der Waals surface area contributed by atoms with Crippen molar-refractivity contribution in [2.24, 2.45) is 11.8 Å². The van der Waals surface area contributed by atoms with Gasteiger partial charge in [0.2, 0.25) is 0 Å². The Morgan fingerprint density at radius 2 is 1.95 bits per heavy atom. The zero-order chi connectivity index (χ0) is 13.8. The smallest absolute Gasteiger partial charge is 0.120 e. The van der Waals surface area contributed by atoms with E-state index in [4.69, 9.17) is 4.74 Å². The van der Waals surface area contributed by atoms with Crippen LogP contribution in [-0.2, 0) is 0 Å². The number of benzene rings is 1. The Labute approximate surface area is 133 Å². The highest BCUT2D eigenvalue weighted by Gasteiger charge is 2.26. The van der Waals surface area contributed by atoms with Crippen LogP contribution in [0.2, 0.25) is 0 Å². The van der Waals surface area contributed by atoms with E-state index in [-0.39, 0.29) is 0 Å². The van der Waals surface area contributed by atoms with E-state index in [0.717, 1.165) is 22.1 Å². The Kier molecular flexibility index (Phi) is 5.76. The van der Waals surface area contributed by atoms with Gasteiger partial charge in [-0.2, -0.15) is 0 Å². The average Bonchev–Trinajstić information content (AvgIpc) is 2.39. The molecule has 106 valence electrons. The molecule has 1 aromatic carbocycles. The summed E-state index contributed by atoms with van der Waals surface area (Å²) in [5, 5.41) is 0. The first-order valence-electron chi connectivity index (χ1n) is 7.18. The number of rotatable bonds is 4. The maximum Gasteiger partial charge on any atom is 0.120 e. The van der Waals surface area contributed by atoms with Gasteiger partial charge in [-0.25, -0.2) is 0 Å². The first-order valence-corrected chi connectivity index (χ1v) is 8.89. The summed E-state index contributed by atoms with van der Waals surface area (Å²) in [6.07, 6.45) is 5.39. The van der Waals surface area contributed by atoms with Gasteiger partial charge in [-0.1, -0.05) is 57.7 Å². The number of ether oxygens (including phenoxy) is 1. The molecular formula is C16H22Br2O. The van der Waals surface area contributed by atoms with Crippen LogP contribution in [-0.4, -0.2) is 6.61 Å². The second-order valence-corrected chi connectivity index (χ2v) is 7.38. The molecule has 1 saturated carbocycles. The fraction of sp³-hybridized carbons (Fsp3) is 0.625. The normalized spacial score (nSPS) is 25.1. The molecule has 0 bridgehead atoms. The molecule has 1 aliphatic rings. The summed E-state index contributed by atoms with van der Waals surface area (Å²) >= 11 is 7.60. The molecular weight excluding hydrogens is 368 g/mol. The number of hydrogen-bond acceptors (Lipinski definition) is 1. The Hall–Kier alpha value is -0.0200. The SMILES string of the molecule is CCOc1ccc(C(Br)C2CCC(C)CC2)c(Br)c1. The largest absolute Gasteiger partial charge is 0.494 e. The molecule has 1 atom stereocenters. The van der Waals surface area contributed by atoms with Crippen molar-refractivity contribution in [3.8, 4) is 5.75 Å². The van der Waals surface area contributed by atoms with E-state index >= 15 is 0 Å². The van der Waals surface area contributed by atoms with Crippen LogP contribution >= 0.6 is 31.9 Å².